The maximum Gasteiger partial charge on any atom is 0.357 e. The third-order valence-corrected chi connectivity index (χ3v) is 4.44. The average Bonchev–Trinajstić information content (AvgIpc) is 3.22. The number of hydrogen-bond acceptors (Lipinski definition) is 6. The Labute approximate surface area is 137 Å². The Bertz CT molecular complexity index is 711. The Morgan fingerprint density at radius 3 is 2.83 bits per heavy atom. The Hall–Kier alpha value is -2.41. The molecule has 0 saturated carbocycles. The molecule has 0 bridgehead atoms. The van der Waals surface area contributed by atoms with Gasteiger partial charge < -0.3 is 14.8 Å². The number of nitrogens with one attached hydrogen (secondary N) is 1. The van der Waals surface area contributed by atoms with E-state index in [2.05, 4.69) is 10.3 Å². The molecule has 120 valence electrons. The van der Waals surface area contributed by atoms with Gasteiger partial charge in [0, 0.05) is 17.4 Å². The van der Waals surface area contributed by atoms with E-state index in [0.29, 0.717) is 12.8 Å². The van der Waals surface area contributed by atoms with Crippen molar-refractivity contribution in [1.82, 2.24) is 10.3 Å². The van der Waals surface area contributed by atoms with Crippen LogP contribution in [0.25, 0.3) is 10.6 Å². The molecule has 1 N–H and O–H groups in total. The molecule has 1 saturated heterocycles. The second-order valence-electron chi connectivity index (χ2n) is 5.17. The Kier molecular flexibility index (Phi) is 4.57. The zero-order valence-corrected chi connectivity index (χ0v) is 13.4. The highest BCUT2D eigenvalue weighted by Gasteiger charge is 2.23. The van der Waals surface area contributed by atoms with Crippen LogP contribution in [0.2, 0.25) is 0 Å². The van der Waals surface area contributed by atoms with E-state index in [1.165, 1.54) is 11.3 Å². The van der Waals surface area contributed by atoms with Gasteiger partial charge in [-0.2, -0.15) is 0 Å². The van der Waals surface area contributed by atoms with Crippen LogP contribution in [-0.4, -0.2) is 36.6 Å². The van der Waals surface area contributed by atoms with E-state index in [1.807, 2.05) is 24.3 Å². The Morgan fingerprint density at radius 2 is 2.17 bits per heavy atom. The molecule has 23 heavy (non-hydrogen) atoms. The molecule has 1 amide bonds. The molecule has 6 nitrogen and oxygen atoms in total. The maximum atomic E-state index is 12.0. The van der Waals surface area contributed by atoms with Gasteiger partial charge in [0.05, 0.1) is 13.2 Å². The molecule has 1 unspecified atom stereocenters. The summed E-state index contributed by atoms with van der Waals surface area (Å²) in [6.45, 7) is 0.181. The van der Waals surface area contributed by atoms with E-state index in [1.54, 1.807) is 12.5 Å². The van der Waals surface area contributed by atoms with E-state index in [9.17, 15) is 9.59 Å². The predicted molar refractivity (Wildman–Crippen MR) is 85.5 cm³/mol. The number of hydrogen-bond donors (Lipinski definition) is 1. The van der Waals surface area contributed by atoms with Crippen molar-refractivity contribution in [2.45, 2.75) is 18.9 Å². The third kappa shape index (κ3) is 3.68. The van der Waals surface area contributed by atoms with E-state index in [-0.39, 0.29) is 24.2 Å². The van der Waals surface area contributed by atoms with Crippen molar-refractivity contribution in [2.75, 3.05) is 13.7 Å². The van der Waals surface area contributed by atoms with Gasteiger partial charge in [-0.1, -0.05) is 0 Å². The summed E-state index contributed by atoms with van der Waals surface area (Å²) in [6, 6.07) is 7.38. The van der Waals surface area contributed by atoms with E-state index >= 15 is 0 Å². The van der Waals surface area contributed by atoms with Crippen LogP contribution in [0.15, 0.2) is 29.6 Å². The smallest absolute Gasteiger partial charge is 0.357 e. The summed E-state index contributed by atoms with van der Waals surface area (Å²) >= 11 is 1.38. The molecule has 2 aromatic rings. The summed E-state index contributed by atoms with van der Waals surface area (Å²) in [4.78, 5) is 27.4. The van der Waals surface area contributed by atoms with Crippen LogP contribution in [0.5, 0.6) is 5.75 Å². The summed E-state index contributed by atoms with van der Waals surface area (Å²) in [5.74, 6) is 0.298. The standard InChI is InChI=1S/C16H16N2O4S/c1-21-12-5-2-10(3-6-12)15-18-13(9-23-15)16(20)22-8-11-4-7-14(19)17-11/h2-3,5-6,9,11H,4,7-8H2,1H3,(H,17,19). The third-order valence-electron chi connectivity index (χ3n) is 3.55. The second-order valence-corrected chi connectivity index (χ2v) is 6.03. The van der Waals surface area contributed by atoms with Crippen molar-refractivity contribution < 1.29 is 19.1 Å². The van der Waals surface area contributed by atoms with Crippen LogP contribution in [0, 0.1) is 0 Å². The lowest BCUT2D eigenvalue weighted by molar-refractivity contribution is -0.119. The van der Waals surface area contributed by atoms with Crippen LogP contribution in [0.3, 0.4) is 0 Å². The highest BCUT2D eigenvalue weighted by atomic mass is 32.1. The van der Waals surface area contributed by atoms with Gasteiger partial charge in [0.15, 0.2) is 5.69 Å². The summed E-state index contributed by atoms with van der Waals surface area (Å²) in [6.07, 6.45) is 1.18. The molecule has 1 atom stereocenters. The molecule has 1 aliphatic heterocycles. The number of carbonyl (C=O) groups excluding carboxylic acids is 2. The lowest BCUT2D eigenvalue weighted by Gasteiger charge is -2.09. The van der Waals surface area contributed by atoms with Crippen LogP contribution < -0.4 is 10.1 Å². The molecule has 0 spiro atoms. The molecular weight excluding hydrogens is 316 g/mol. The predicted octanol–water partition coefficient (Wildman–Crippen LogP) is 2.25. The van der Waals surface area contributed by atoms with Gasteiger partial charge >= 0.3 is 5.97 Å². The molecule has 1 fully saturated rings. The molecule has 1 aromatic heterocycles. The fourth-order valence-electron chi connectivity index (χ4n) is 2.29. The maximum absolute atomic E-state index is 12.0. The number of carbonyl (C=O) groups is 2. The summed E-state index contributed by atoms with van der Waals surface area (Å²) in [5, 5.41) is 5.18. The van der Waals surface area contributed by atoms with Gasteiger partial charge in [0.25, 0.3) is 0 Å². The van der Waals surface area contributed by atoms with Crippen molar-refractivity contribution in [3.63, 3.8) is 0 Å². The minimum absolute atomic E-state index is 0.00139. The first-order valence-corrected chi connectivity index (χ1v) is 8.10. The van der Waals surface area contributed by atoms with Gasteiger partial charge in [-0.3, -0.25) is 4.79 Å². The minimum Gasteiger partial charge on any atom is -0.497 e. The van der Waals surface area contributed by atoms with Crippen molar-refractivity contribution in [1.29, 1.82) is 0 Å². The van der Waals surface area contributed by atoms with Gasteiger partial charge in [-0.05, 0) is 30.7 Å². The Balaban J connectivity index is 1.61. The Morgan fingerprint density at radius 1 is 1.39 bits per heavy atom. The number of rotatable bonds is 5. The molecule has 7 heteroatoms. The molecule has 2 heterocycles. The SMILES string of the molecule is COc1ccc(-c2nc(C(=O)OCC3CCC(=O)N3)cs2)cc1. The van der Waals surface area contributed by atoms with Crippen LogP contribution in [0.1, 0.15) is 23.3 Å². The van der Waals surface area contributed by atoms with Crippen molar-refractivity contribution >= 4 is 23.2 Å². The number of aromatic nitrogens is 1. The first kappa shape index (κ1) is 15.5. The summed E-state index contributed by atoms with van der Waals surface area (Å²) in [7, 11) is 1.61. The lowest BCUT2D eigenvalue weighted by atomic mass is 10.2. The van der Waals surface area contributed by atoms with E-state index in [0.717, 1.165) is 16.3 Å². The van der Waals surface area contributed by atoms with Crippen LogP contribution in [-0.2, 0) is 9.53 Å². The summed E-state index contributed by atoms with van der Waals surface area (Å²) < 4.78 is 10.3. The number of methoxy groups -OCH3 is 1. The van der Waals surface area contributed by atoms with Gasteiger partial charge in [0.1, 0.15) is 17.4 Å². The lowest BCUT2D eigenvalue weighted by Crippen LogP contribution is -2.30. The molecule has 0 aliphatic carbocycles. The van der Waals surface area contributed by atoms with E-state index < -0.39 is 5.97 Å². The van der Waals surface area contributed by atoms with Gasteiger partial charge in [0.2, 0.25) is 5.91 Å². The van der Waals surface area contributed by atoms with Crippen molar-refractivity contribution in [2.24, 2.45) is 0 Å². The molecule has 0 radical (unpaired) electrons. The molecule has 1 aromatic carbocycles. The normalized spacial score (nSPS) is 16.9. The molecular formula is C16H16N2O4S. The monoisotopic (exact) mass is 332 g/mol. The van der Waals surface area contributed by atoms with Crippen LogP contribution in [0.4, 0.5) is 0 Å². The zero-order chi connectivity index (χ0) is 16.2. The average molecular weight is 332 g/mol. The number of nitrogens with zero attached hydrogens (tertiary/aromatic N) is 1. The number of benzene rings is 1. The number of thiazole rings is 1. The second kappa shape index (κ2) is 6.78. The first-order chi connectivity index (χ1) is 11.2. The topological polar surface area (TPSA) is 77.5 Å². The molecule has 1 aliphatic rings. The van der Waals surface area contributed by atoms with Crippen molar-refractivity contribution in [3.05, 3.63) is 35.3 Å². The summed E-state index contributed by atoms with van der Waals surface area (Å²) in [5.41, 5.74) is 1.20. The van der Waals surface area contributed by atoms with Gasteiger partial charge in [-0.25, -0.2) is 9.78 Å². The minimum atomic E-state index is -0.470. The highest BCUT2D eigenvalue weighted by Crippen LogP contribution is 2.26. The largest absolute Gasteiger partial charge is 0.497 e. The zero-order valence-electron chi connectivity index (χ0n) is 12.6. The quantitative estimate of drug-likeness (QED) is 0.850. The van der Waals surface area contributed by atoms with Gasteiger partial charge in [-0.15, -0.1) is 11.3 Å². The van der Waals surface area contributed by atoms with Crippen LogP contribution >= 0.6 is 11.3 Å². The number of esters is 1. The van der Waals surface area contributed by atoms with E-state index in [4.69, 9.17) is 9.47 Å². The molecule has 3 rings (SSSR count). The highest BCUT2D eigenvalue weighted by molar-refractivity contribution is 7.13. The number of amides is 1. The fourth-order valence-corrected chi connectivity index (χ4v) is 3.08. The first-order valence-electron chi connectivity index (χ1n) is 7.22. The fraction of sp³-hybridized carbons (Fsp3) is 0.312. The number of ether oxygens (including phenoxy) is 2. The van der Waals surface area contributed by atoms with Crippen molar-refractivity contribution in [3.8, 4) is 16.3 Å².